The van der Waals surface area contributed by atoms with Crippen LogP contribution in [0.4, 0.5) is 4.79 Å². The van der Waals surface area contributed by atoms with Crippen molar-refractivity contribution >= 4 is 6.09 Å². The molecule has 1 atom stereocenters. The zero-order valence-corrected chi connectivity index (χ0v) is 8.27. The summed E-state index contributed by atoms with van der Waals surface area (Å²) in [6.45, 7) is 5.90. The normalized spacial score (nSPS) is 21.1. The fraction of sp³-hybridized carbons (Fsp3) is 0.625. The van der Waals surface area contributed by atoms with Crippen molar-refractivity contribution in [2.24, 2.45) is 11.1 Å². The van der Waals surface area contributed by atoms with Gasteiger partial charge >= 0.3 is 12.0 Å². The Morgan fingerprint density at radius 3 is 2.64 bits per heavy atom. The van der Waals surface area contributed by atoms with E-state index in [0.29, 0.717) is 0 Å². The number of rotatable bonds is 2. The number of nitrogens with two attached hydrogens (primary N) is 1. The van der Waals surface area contributed by atoms with Crippen LogP contribution in [0.1, 0.15) is 20.8 Å². The number of hydrogen-bond acceptors (Lipinski definition) is 5. The molecule has 0 aromatic rings. The molecule has 2 N–H and O–H groups in total. The summed E-state index contributed by atoms with van der Waals surface area (Å²) in [5, 5.41) is 0. The molecule has 0 spiro atoms. The summed E-state index contributed by atoms with van der Waals surface area (Å²) in [5.41, 5.74) is 4.55. The average molecular weight is 203 g/mol. The van der Waals surface area contributed by atoms with Crippen molar-refractivity contribution in [3.63, 3.8) is 0 Å². The molecule has 0 fully saturated rings. The lowest BCUT2D eigenvalue weighted by Crippen LogP contribution is -2.23. The van der Waals surface area contributed by atoms with Crippen molar-refractivity contribution in [1.29, 1.82) is 0 Å². The van der Waals surface area contributed by atoms with Crippen molar-refractivity contribution in [3.8, 4) is 0 Å². The number of hydrogen-bond donors (Lipinski definition) is 1. The van der Waals surface area contributed by atoms with E-state index in [9.17, 15) is 4.79 Å². The lowest BCUT2D eigenvalue weighted by molar-refractivity contribution is -0.345. The predicted octanol–water partition coefficient (Wildman–Crippen LogP) is 1.23. The molecule has 0 saturated heterocycles. The van der Waals surface area contributed by atoms with E-state index < -0.39 is 6.09 Å². The third kappa shape index (κ3) is 2.81. The molecule has 80 valence electrons. The molecule has 0 radical (unpaired) electrons. The van der Waals surface area contributed by atoms with Gasteiger partial charge in [-0.1, -0.05) is 20.8 Å². The first-order valence-electron chi connectivity index (χ1n) is 4.08. The van der Waals surface area contributed by atoms with Crippen LogP contribution in [0.15, 0.2) is 12.0 Å². The summed E-state index contributed by atoms with van der Waals surface area (Å²) in [6, 6.07) is 0. The number of primary amides is 1. The highest BCUT2D eigenvalue weighted by Crippen LogP contribution is 2.29. The quantitative estimate of drug-likeness (QED) is 0.539. The van der Waals surface area contributed by atoms with Crippen LogP contribution in [-0.2, 0) is 19.6 Å². The van der Waals surface area contributed by atoms with Gasteiger partial charge in [-0.25, -0.2) is 14.6 Å². The highest BCUT2D eigenvalue weighted by Gasteiger charge is 2.32. The molecule has 1 aliphatic heterocycles. The number of amides is 1. The molecular weight excluding hydrogens is 190 g/mol. The van der Waals surface area contributed by atoms with Crippen molar-refractivity contribution in [1.82, 2.24) is 0 Å². The first-order chi connectivity index (χ1) is 6.39. The maximum absolute atomic E-state index is 10.2. The molecule has 1 aliphatic rings. The van der Waals surface area contributed by atoms with Gasteiger partial charge in [0.15, 0.2) is 0 Å². The first kappa shape index (κ1) is 10.6. The van der Waals surface area contributed by atoms with Gasteiger partial charge in [0.05, 0.1) is 0 Å². The largest absolute Gasteiger partial charge is 0.447 e. The molecule has 0 bridgehead atoms. The van der Waals surface area contributed by atoms with Gasteiger partial charge in [-0.05, 0) is 5.41 Å². The number of carbonyl (C=O) groups is 1. The van der Waals surface area contributed by atoms with Crippen LogP contribution >= 0.6 is 0 Å². The average Bonchev–Trinajstić information content (AvgIpc) is 2.47. The highest BCUT2D eigenvalue weighted by atomic mass is 17.3. The second-order valence-corrected chi connectivity index (χ2v) is 3.94. The van der Waals surface area contributed by atoms with Crippen molar-refractivity contribution in [2.75, 3.05) is 0 Å². The van der Waals surface area contributed by atoms with Crippen LogP contribution < -0.4 is 5.73 Å². The summed E-state index contributed by atoms with van der Waals surface area (Å²) in [7, 11) is 0. The summed E-state index contributed by atoms with van der Waals surface area (Å²) in [6.07, 6.45) is 0.255. The van der Waals surface area contributed by atoms with Crippen molar-refractivity contribution in [2.45, 2.75) is 26.9 Å². The van der Waals surface area contributed by atoms with Crippen LogP contribution in [0.2, 0.25) is 0 Å². The van der Waals surface area contributed by atoms with E-state index >= 15 is 0 Å². The van der Waals surface area contributed by atoms with Gasteiger partial charge in [-0.2, -0.15) is 4.89 Å². The Hall–Kier alpha value is -1.43. The summed E-state index contributed by atoms with van der Waals surface area (Å²) in [5.74, 6) is -0.0243. The van der Waals surface area contributed by atoms with Crippen LogP contribution in [0.5, 0.6) is 0 Å². The van der Waals surface area contributed by atoms with Gasteiger partial charge < -0.3 is 5.73 Å². The second-order valence-electron chi connectivity index (χ2n) is 3.94. The van der Waals surface area contributed by atoms with E-state index in [1.807, 2.05) is 20.8 Å². The topological polar surface area (TPSA) is 80.0 Å². The third-order valence-electron chi connectivity index (χ3n) is 1.58. The van der Waals surface area contributed by atoms with Crippen LogP contribution in [0.25, 0.3) is 0 Å². The van der Waals surface area contributed by atoms with Crippen LogP contribution in [0, 0.1) is 5.41 Å². The van der Waals surface area contributed by atoms with Crippen LogP contribution in [-0.4, -0.2) is 12.2 Å². The Morgan fingerprint density at radius 1 is 1.57 bits per heavy atom. The Morgan fingerprint density at radius 2 is 2.21 bits per heavy atom. The molecule has 6 heteroatoms. The maximum Gasteiger partial charge on any atom is 0.447 e. The minimum Gasteiger partial charge on any atom is -0.332 e. The molecule has 1 heterocycles. The summed E-state index contributed by atoms with van der Waals surface area (Å²) >= 11 is 0. The van der Waals surface area contributed by atoms with E-state index in [2.05, 4.69) is 20.4 Å². The van der Waals surface area contributed by atoms with Gasteiger partial charge in [-0.15, -0.1) is 0 Å². The number of carbonyl (C=O) groups excluding carboxylic acids is 1. The van der Waals surface area contributed by atoms with Crippen molar-refractivity contribution < 1.29 is 24.3 Å². The van der Waals surface area contributed by atoms with E-state index in [1.54, 1.807) is 6.08 Å². The molecule has 1 rings (SSSR count). The lowest BCUT2D eigenvalue weighted by atomic mass is 9.89. The van der Waals surface area contributed by atoms with Crippen molar-refractivity contribution in [3.05, 3.63) is 12.0 Å². The smallest absolute Gasteiger partial charge is 0.332 e. The third-order valence-corrected chi connectivity index (χ3v) is 1.58. The Kier molecular flexibility index (Phi) is 2.85. The maximum atomic E-state index is 10.2. The fourth-order valence-electron chi connectivity index (χ4n) is 0.797. The van der Waals surface area contributed by atoms with E-state index in [4.69, 9.17) is 4.89 Å². The monoisotopic (exact) mass is 203 g/mol. The SMILES string of the molecule is CC(C)(C)C1C=C(OOC(N)=O)OO1. The Bertz CT molecular complexity index is 255. The highest BCUT2D eigenvalue weighted by molar-refractivity contribution is 5.63. The lowest BCUT2D eigenvalue weighted by Gasteiger charge is -2.21. The van der Waals surface area contributed by atoms with Crippen LogP contribution in [0.3, 0.4) is 0 Å². The molecule has 0 aromatic heterocycles. The predicted molar refractivity (Wildman–Crippen MR) is 45.2 cm³/mol. The second kappa shape index (κ2) is 3.75. The van der Waals surface area contributed by atoms with Gasteiger partial charge in [0.2, 0.25) is 0 Å². The minimum absolute atomic E-state index is 0.0243. The van der Waals surface area contributed by atoms with Gasteiger partial charge in [-0.3, -0.25) is 4.89 Å². The fourth-order valence-corrected chi connectivity index (χ4v) is 0.797. The molecule has 0 aliphatic carbocycles. The molecule has 14 heavy (non-hydrogen) atoms. The van der Waals surface area contributed by atoms with E-state index in [-0.39, 0.29) is 17.5 Å². The standard InChI is InChI=1S/C8H13NO5/c1-8(2,3)5-4-6(12-11-5)13-14-7(9)10/h4-5H,1-3H3,(H2,9,10). The van der Waals surface area contributed by atoms with Gasteiger partial charge in [0, 0.05) is 6.08 Å². The zero-order valence-electron chi connectivity index (χ0n) is 8.27. The molecule has 6 nitrogen and oxygen atoms in total. The molecule has 0 aromatic carbocycles. The zero-order chi connectivity index (χ0) is 10.8. The Balaban J connectivity index is 2.46. The molecule has 1 unspecified atom stereocenters. The Labute approximate surface area is 81.4 Å². The van der Waals surface area contributed by atoms with E-state index in [1.165, 1.54) is 0 Å². The van der Waals surface area contributed by atoms with E-state index in [0.717, 1.165) is 0 Å². The summed E-state index contributed by atoms with van der Waals surface area (Å²) < 4.78 is 0. The van der Waals surface area contributed by atoms with Gasteiger partial charge in [0.1, 0.15) is 6.10 Å². The minimum atomic E-state index is -1.05. The van der Waals surface area contributed by atoms with Gasteiger partial charge in [0.25, 0.3) is 0 Å². The molecular formula is C8H13NO5. The summed E-state index contributed by atoms with van der Waals surface area (Å²) in [4.78, 5) is 28.2. The molecule has 1 amide bonds. The first-order valence-corrected chi connectivity index (χ1v) is 4.08. The molecule has 0 saturated carbocycles.